The summed E-state index contributed by atoms with van der Waals surface area (Å²) in [5, 5.41) is 66.7. The van der Waals surface area contributed by atoms with Gasteiger partial charge in [-0.2, -0.15) is 0 Å². The highest BCUT2D eigenvalue weighted by Gasteiger charge is 2.34. The fraction of sp³-hybridized carbons (Fsp3) is 0.531. The van der Waals surface area contributed by atoms with Gasteiger partial charge in [0.2, 0.25) is 35.2 Å². The molecule has 3 unspecified atom stereocenters. The van der Waals surface area contributed by atoms with Crippen LogP contribution in [0.3, 0.4) is 0 Å². The van der Waals surface area contributed by atoms with Gasteiger partial charge < -0.3 is 46.1 Å². The fourth-order valence-corrected chi connectivity index (χ4v) is 7.71. The fourth-order valence-electron chi connectivity index (χ4n) is 7.71. The highest BCUT2D eigenvalue weighted by Crippen LogP contribution is 2.33. The third-order valence-electron chi connectivity index (χ3n) is 12.7. The summed E-state index contributed by atoms with van der Waals surface area (Å²) in [6, 6.07) is 21.4. The van der Waals surface area contributed by atoms with Crippen LogP contribution >= 0.6 is 0 Å². The first-order chi connectivity index (χ1) is 42.2. The lowest BCUT2D eigenvalue weighted by atomic mass is 9.95. The highest BCUT2D eigenvalue weighted by atomic mass is 16.6. The van der Waals surface area contributed by atoms with Gasteiger partial charge in [-0.1, -0.05) is 75.7 Å². The summed E-state index contributed by atoms with van der Waals surface area (Å²) in [4.78, 5) is 71.7. The topological polar surface area (TPSA) is 357 Å². The molecule has 6 aromatic rings. The van der Waals surface area contributed by atoms with Crippen LogP contribution in [0.5, 0.6) is 0 Å². The van der Waals surface area contributed by atoms with Gasteiger partial charge >= 0.3 is 18.3 Å². The van der Waals surface area contributed by atoms with E-state index in [-0.39, 0.29) is 35.6 Å². The second kappa shape index (κ2) is 30.9. The minimum atomic E-state index is -0.556. The molecule has 1 aliphatic carbocycles. The van der Waals surface area contributed by atoms with Crippen LogP contribution in [0.25, 0.3) is 34.2 Å². The lowest BCUT2D eigenvalue weighted by Gasteiger charge is -2.23. The molecule has 91 heavy (non-hydrogen) atoms. The van der Waals surface area contributed by atoms with E-state index in [1.807, 2.05) is 102 Å². The molecule has 0 radical (unpaired) electrons. The molecule has 3 atom stereocenters. The van der Waals surface area contributed by atoms with Crippen molar-refractivity contribution in [3.05, 3.63) is 90.3 Å². The summed E-state index contributed by atoms with van der Waals surface area (Å²) in [5.41, 5.74) is 1.24. The molecule has 1 fully saturated rings. The minimum Gasteiger partial charge on any atom is -0.444 e. The summed E-state index contributed by atoms with van der Waals surface area (Å²) in [7, 11) is 0. The Balaban J connectivity index is 0.000000248. The Morgan fingerprint density at radius 3 is 1.14 bits per heavy atom. The highest BCUT2D eigenvalue weighted by molar-refractivity contribution is 5.96. The van der Waals surface area contributed by atoms with Crippen molar-refractivity contribution in [2.45, 2.75) is 192 Å². The molecule has 0 spiro atoms. The molecule has 0 saturated heterocycles. The number of amides is 6. The first-order valence-electron chi connectivity index (χ1n) is 30.1. The quantitative estimate of drug-likeness (QED) is 0.0552. The van der Waals surface area contributed by atoms with E-state index in [2.05, 4.69) is 93.1 Å². The maximum atomic E-state index is 12.1. The number of benzene rings is 3. The van der Waals surface area contributed by atoms with Crippen LogP contribution in [0.2, 0.25) is 0 Å². The monoisotopic (exact) mass is 1250 g/mol. The van der Waals surface area contributed by atoms with Crippen molar-refractivity contribution in [1.82, 2.24) is 77.1 Å². The molecule has 7 rings (SSSR count). The first-order valence-corrected chi connectivity index (χ1v) is 30.1. The normalized spacial score (nSPS) is 14.5. The van der Waals surface area contributed by atoms with Gasteiger partial charge in [0.25, 0.3) is 0 Å². The molecule has 3 heterocycles. The zero-order valence-electron chi connectivity index (χ0n) is 55.9. The smallest absolute Gasteiger partial charge is 0.407 e. The predicted molar refractivity (Wildman–Crippen MR) is 344 cm³/mol. The number of hydrogen-bond donors (Lipinski definition) is 6. The second-order valence-electron chi connectivity index (χ2n) is 27.9. The molecule has 3 aromatic carbocycles. The van der Waals surface area contributed by atoms with Gasteiger partial charge in [0.1, 0.15) is 16.8 Å². The maximum absolute atomic E-state index is 12.1. The summed E-state index contributed by atoms with van der Waals surface area (Å²) < 4.78 is 15.7. The first kappa shape index (κ1) is 72.4. The number of nitrogens with zero attached hydrogens (tertiary/aromatic N) is 12. The number of aromatic nitrogens is 12. The van der Waals surface area contributed by atoms with Crippen LogP contribution in [-0.2, 0) is 35.0 Å². The summed E-state index contributed by atoms with van der Waals surface area (Å²) in [6.45, 7) is 35.5. The van der Waals surface area contributed by atoms with E-state index < -0.39 is 51.3 Å². The van der Waals surface area contributed by atoms with E-state index >= 15 is 0 Å². The van der Waals surface area contributed by atoms with Crippen LogP contribution in [0, 0.1) is 16.2 Å². The Morgan fingerprint density at radius 2 is 0.780 bits per heavy atom. The number of alkyl carbamates (subject to hydrolysis) is 3. The number of anilines is 3. The van der Waals surface area contributed by atoms with Crippen LogP contribution in [0.4, 0.5) is 31.4 Å². The number of carbonyl (C=O) groups excluding carboxylic acids is 6. The van der Waals surface area contributed by atoms with E-state index in [0.29, 0.717) is 71.5 Å². The Labute approximate surface area is 532 Å². The largest absolute Gasteiger partial charge is 0.444 e. The number of hydrogen-bond acceptors (Lipinski definition) is 21. The van der Waals surface area contributed by atoms with E-state index in [4.69, 9.17) is 14.2 Å². The van der Waals surface area contributed by atoms with Gasteiger partial charge in [-0.15, -0.1) is 61.2 Å². The van der Waals surface area contributed by atoms with Gasteiger partial charge in [-0.25, -0.2) is 14.4 Å². The van der Waals surface area contributed by atoms with Gasteiger partial charge in [-0.3, -0.25) is 14.4 Å². The van der Waals surface area contributed by atoms with E-state index in [0.717, 1.165) is 36.0 Å². The van der Waals surface area contributed by atoms with Gasteiger partial charge in [0, 0.05) is 87.4 Å². The lowest BCUT2D eigenvalue weighted by molar-refractivity contribution is -0.123. The third kappa shape index (κ3) is 25.2. The zero-order valence-corrected chi connectivity index (χ0v) is 55.9. The molecule has 27 heteroatoms. The SMILES string of the molecule is CC(C)(C)OC(=O)NC1CCCC1c1nnc(-c2ccc(NC(=O)C(C)(C)C)cc2)nn1.CC(C)(C)OC(=O)NCCc1nnc(-c2ccc(NC(=O)C(C)(C)C)cc2)nn1.CC(CNC(=O)OC(C)(C)C)c1nnc(-c2ccc(NC(=O)C(C)(C)C)cc2)nn1. The summed E-state index contributed by atoms with van der Waals surface area (Å²) >= 11 is 0. The molecule has 3 aromatic heterocycles. The Morgan fingerprint density at radius 1 is 0.440 bits per heavy atom. The van der Waals surface area contributed by atoms with Crippen molar-refractivity contribution < 1.29 is 43.0 Å². The molecule has 6 amide bonds. The van der Waals surface area contributed by atoms with Crippen molar-refractivity contribution in [1.29, 1.82) is 0 Å². The molecule has 6 N–H and O–H groups in total. The van der Waals surface area contributed by atoms with Crippen molar-refractivity contribution in [3.8, 4) is 34.2 Å². The maximum Gasteiger partial charge on any atom is 0.407 e. The number of ether oxygens (including phenoxy) is 3. The lowest BCUT2D eigenvalue weighted by Crippen LogP contribution is -2.40. The van der Waals surface area contributed by atoms with Gasteiger partial charge in [0.15, 0.2) is 17.5 Å². The van der Waals surface area contributed by atoms with Crippen molar-refractivity contribution in [2.24, 2.45) is 16.2 Å². The minimum absolute atomic E-state index is 0.0495. The van der Waals surface area contributed by atoms with Crippen molar-refractivity contribution in [2.75, 3.05) is 29.0 Å². The van der Waals surface area contributed by atoms with Crippen LogP contribution in [-0.4, -0.2) is 133 Å². The molecule has 27 nitrogen and oxygen atoms in total. The standard InChI is InChI=1S/C23H32N6O3.C21H30N6O3.C20H28N6O3/c1-22(2,3)20(30)24-15-12-10-14(11-13-15)18-26-28-19(29-27-18)16-8-7-9-17(16)25-21(31)32-23(4,5)6;1-13(12-22-19(29)30-21(5,6)7)16-24-26-17(27-25-16)14-8-10-15(11-9-14)23-18(28)20(2,3)4;1-19(2,3)17(27)22-14-9-7-13(8-10-14)16-25-23-15(24-26-16)11-12-21-18(28)29-20(4,5)6/h10-13,16-17H,7-9H2,1-6H3,(H,24,30)(H,25,31);8-11,13H,12H2,1-7H3,(H,22,29)(H,23,28);7-10H,11-12H2,1-6H3,(H,21,28)(H,22,27). The molecule has 0 bridgehead atoms. The Kier molecular flexibility index (Phi) is 24.6. The average Bonchev–Trinajstić information content (AvgIpc) is 2.31. The van der Waals surface area contributed by atoms with E-state index in [9.17, 15) is 28.8 Å². The molecular formula is C64H90N18O9. The Hall–Kier alpha value is -9.30. The van der Waals surface area contributed by atoms with E-state index in [1.54, 1.807) is 102 Å². The third-order valence-corrected chi connectivity index (χ3v) is 12.7. The van der Waals surface area contributed by atoms with Crippen molar-refractivity contribution >= 4 is 53.1 Å². The molecular weight excluding hydrogens is 1160 g/mol. The van der Waals surface area contributed by atoms with Crippen molar-refractivity contribution in [3.63, 3.8) is 0 Å². The van der Waals surface area contributed by atoms with Gasteiger partial charge in [-0.05, 0) is 148 Å². The second-order valence-corrected chi connectivity index (χ2v) is 27.9. The molecule has 0 aliphatic heterocycles. The molecule has 490 valence electrons. The Bertz CT molecular complexity index is 3370. The number of carbonyl (C=O) groups is 6. The van der Waals surface area contributed by atoms with Crippen LogP contribution in [0.15, 0.2) is 72.8 Å². The number of rotatable bonds is 14. The zero-order chi connectivity index (χ0) is 67.7. The van der Waals surface area contributed by atoms with Crippen LogP contribution < -0.4 is 31.9 Å². The molecule has 1 saturated carbocycles. The summed E-state index contributed by atoms with van der Waals surface area (Å²) in [6.07, 6.45) is 1.60. The average molecular weight is 1260 g/mol. The predicted octanol–water partition coefficient (Wildman–Crippen LogP) is 10.6. The number of nitrogens with one attached hydrogen (secondary N) is 6. The van der Waals surface area contributed by atoms with Crippen LogP contribution in [0.1, 0.15) is 180 Å². The van der Waals surface area contributed by atoms with Gasteiger partial charge in [0.05, 0.1) is 0 Å². The molecule has 1 aliphatic rings. The summed E-state index contributed by atoms with van der Waals surface area (Å²) in [5.74, 6) is 2.10. The van der Waals surface area contributed by atoms with E-state index in [1.165, 1.54) is 0 Å².